The van der Waals surface area contributed by atoms with Crippen LogP contribution in [0.3, 0.4) is 0 Å². The molecule has 32 heavy (non-hydrogen) atoms. The summed E-state index contributed by atoms with van der Waals surface area (Å²) in [6.45, 7) is 3.32. The lowest BCUT2D eigenvalue weighted by Crippen LogP contribution is -2.44. The molecule has 0 aliphatic heterocycles. The summed E-state index contributed by atoms with van der Waals surface area (Å²) in [6.07, 6.45) is 10.8. The van der Waals surface area contributed by atoms with Crippen LogP contribution in [0.4, 0.5) is 0 Å². The zero-order valence-electron chi connectivity index (χ0n) is 18.4. The molecule has 6 nitrogen and oxygen atoms in total. The quantitative estimate of drug-likeness (QED) is 0.486. The van der Waals surface area contributed by atoms with E-state index in [0.717, 1.165) is 10.9 Å². The molecule has 1 aliphatic carbocycles. The fraction of sp³-hybridized carbons (Fsp3) is 0.400. The lowest BCUT2D eigenvalue weighted by atomic mass is 9.89. The molecule has 7 heteroatoms. The van der Waals surface area contributed by atoms with E-state index < -0.39 is 22.0 Å². The number of aliphatic carboxylic acids is 1. The van der Waals surface area contributed by atoms with Gasteiger partial charge in [-0.1, -0.05) is 51.3 Å². The van der Waals surface area contributed by atoms with Crippen molar-refractivity contribution in [2.45, 2.75) is 56.9 Å². The minimum Gasteiger partial charge on any atom is -0.480 e. The molecular weight excluding hydrogens is 426 g/mol. The maximum absolute atomic E-state index is 12.8. The average molecular weight is 456 g/mol. The van der Waals surface area contributed by atoms with Crippen LogP contribution in [0.15, 0.2) is 51.8 Å². The van der Waals surface area contributed by atoms with E-state index in [2.05, 4.69) is 16.9 Å². The monoisotopic (exact) mass is 455 g/mol. The maximum atomic E-state index is 12.8. The molecule has 1 aliphatic rings. The first kappa shape index (κ1) is 22.6. The summed E-state index contributed by atoms with van der Waals surface area (Å²) in [5.74, 6) is -0.955. The molecule has 3 aromatic rings. The van der Waals surface area contributed by atoms with Gasteiger partial charge in [-0.25, -0.2) is 8.42 Å². The Kier molecular flexibility index (Phi) is 6.40. The Labute approximate surface area is 188 Å². The minimum atomic E-state index is -4.00. The zero-order valence-corrected chi connectivity index (χ0v) is 19.2. The minimum absolute atomic E-state index is 0.0147. The normalized spacial score (nSPS) is 17.0. The van der Waals surface area contributed by atoms with E-state index in [1.807, 2.05) is 18.2 Å². The van der Waals surface area contributed by atoms with Crippen molar-refractivity contribution >= 4 is 44.0 Å². The smallest absolute Gasteiger partial charge is 0.322 e. The maximum Gasteiger partial charge on any atom is 0.322 e. The van der Waals surface area contributed by atoms with Crippen molar-refractivity contribution in [3.63, 3.8) is 0 Å². The molecule has 1 saturated carbocycles. The Morgan fingerprint density at radius 2 is 1.81 bits per heavy atom. The van der Waals surface area contributed by atoms with Crippen molar-refractivity contribution in [3.8, 4) is 0 Å². The van der Waals surface area contributed by atoms with Crippen LogP contribution in [-0.2, 0) is 14.8 Å². The lowest BCUT2D eigenvalue weighted by Gasteiger charge is -2.18. The molecule has 0 radical (unpaired) electrons. The summed E-state index contributed by atoms with van der Waals surface area (Å²) in [5.41, 5.74) is 2.34. The number of hydrogen-bond donors (Lipinski definition) is 2. The zero-order chi connectivity index (χ0) is 22.9. The number of allylic oxidation sites excluding steroid dienone is 1. The third-order valence-corrected chi connectivity index (χ3v) is 7.64. The highest BCUT2D eigenvalue weighted by Crippen LogP contribution is 2.32. The van der Waals surface area contributed by atoms with Crippen molar-refractivity contribution < 1.29 is 22.7 Å². The molecular formula is C25H29NO5S. The van der Waals surface area contributed by atoms with Crippen LogP contribution in [0.5, 0.6) is 0 Å². The summed E-state index contributed by atoms with van der Waals surface area (Å²) in [7, 11) is -4.00. The number of carbonyl (C=O) groups is 1. The van der Waals surface area contributed by atoms with E-state index >= 15 is 0 Å². The summed E-state index contributed by atoms with van der Waals surface area (Å²) in [6, 6.07) is 9.33. The number of rotatable bonds is 7. The number of furan rings is 1. The van der Waals surface area contributed by atoms with Crippen molar-refractivity contribution in [1.29, 1.82) is 0 Å². The second-order valence-corrected chi connectivity index (χ2v) is 10.7. The van der Waals surface area contributed by atoms with Gasteiger partial charge in [0.15, 0.2) is 0 Å². The fourth-order valence-electron chi connectivity index (χ4n) is 4.32. The van der Waals surface area contributed by atoms with Gasteiger partial charge in [0.05, 0.1) is 4.90 Å². The third kappa shape index (κ3) is 4.74. The average Bonchev–Trinajstić information content (AvgIpc) is 3.13. The van der Waals surface area contributed by atoms with Gasteiger partial charge in [-0.15, -0.1) is 0 Å². The standard InChI is InChI=1S/C25H29NO5S/c1-16(2)24(25(27)28)26-32(29,30)19-11-13-22-21(15-19)20-12-10-18(14-23(20)31-22)9-8-17-6-4-3-5-7-17/h8-17,24,26H,3-7H2,1-2H3,(H,27,28)/b9-8+/t24-/m1/s1. The Hall–Kier alpha value is -2.64. The number of sulfonamides is 1. The van der Waals surface area contributed by atoms with Gasteiger partial charge < -0.3 is 9.52 Å². The lowest BCUT2D eigenvalue weighted by molar-refractivity contribution is -0.140. The molecule has 1 heterocycles. The molecule has 170 valence electrons. The van der Waals surface area contributed by atoms with Gasteiger partial charge in [0, 0.05) is 10.8 Å². The van der Waals surface area contributed by atoms with E-state index in [1.54, 1.807) is 26.0 Å². The van der Waals surface area contributed by atoms with Gasteiger partial charge in [-0.3, -0.25) is 4.79 Å². The van der Waals surface area contributed by atoms with E-state index in [1.165, 1.54) is 38.2 Å². The summed E-state index contributed by atoms with van der Waals surface area (Å²) < 4.78 is 33.9. The second kappa shape index (κ2) is 9.08. The topological polar surface area (TPSA) is 96.6 Å². The Morgan fingerprint density at radius 3 is 2.50 bits per heavy atom. The van der Waals surface area contributed by atoms with Gasteiger partial charge in [0.1, 0.15) is 17.2 Å². The van der Waals surface area contributed by atoms with E-state index in [9.17, 15) is 18.3 Å². The van der Waals surface area contributed by atoms with Crippen LogP contribution in [0.2, 0.25) is 0 Å². The van der Waals surface area contributed by atoms with Crippen LogP contribution in [-0.4, -0.2) is 25.5 Å². The van der Waals surface area contributed by atoms with Gasteiger partial charge in [0.25, 0.3) is 0 Å². The van der Waals surface area contributed by atoms with Crippen molar-refractivity contribution in [2.24, 2.45) is 11.8 Å². The van der Waals surface area contributed by atoms with Crippen LogP contribution < -0.4 is 4.72 Å². The Morgan fingerprint density at radius 1 is 1.06 bits per heavy atom. The van der Waals surface area contributed by atoms with Gasteiger partial charge in [-0.05, 0) is 60.6 Å². The van der Waals surface area contributed by atoms with Crippen LogP contribution in [0, 0.1) is 11.8 Å². The van der Waals surface area contributed by atoms with Crippen LogP contribution >= 0.6 is 0 Å². The first-order valence-electron chi connectivity index (χ1n) is 11.1. The van der Waals surface area contributed by atoms with Crippen molar-refractivity contribution in [2.75, 3.05) is 0 Å². The first-order chi connectivity index (χ1) is 15.2. The fourth-order valence-corrected chi connectivity index (χ4v) is 5.69. The number of carboxylic acids is 1. The first-order valence-corrected chi connectivity index (χ1v) is 12.6. The molecule has 1 atom stereocenters. The molecule has 4 rings (SSSR count). The molecule has 2 N–H and O–H groups in total. The molecule has 0 amide bonds. The van der Waals surface area contributed by atoms with Gasteiger partial charge in [-0.2, -0.15) is 4.72 Å². The predicted molar refractivity (Wildman–Crippen MR) is 126 cm³/mol. The number of carboxylic acid groups (broad SMARTS) is 1. The van der Waals surface area contributed by atoms with Crippen LogP contribution in [0.25, 0.3) is 28.0 Å². The number of hydrogen-bond acceptors (Lipinski definition) is 4. The Balaban J connectivity index is 1.64. The molecule has 1 fully saturated rings. The van der Waals surface area contributed by atoms with Crippen LogP contribution in [0.1, 0.15) is 51.5 Å². The molecule has 2 aromatic carbocycles. The van der Waals surface area contributed by atoms with E-state index in [4.69, 9.17) is 4.42 Å². The van der Waals surface area contributed by atoms with E-state index in [0.29, 0.717) is 22.5 Å². The predicted octanol–water partition coefficient (Wildman–Crippen LogP) is 5.57. The summed E-state index contributed by atoms with van der Waals surface area (Å²) in [4.78, 5) is 11.4. The number of fused-ring (bicyclic) bond motifs is 3. The molecule has 0 bridgehead atoms. The van der Waals surface area contributed by atoms with Gasteiger partial charge in [0.2, 0.25) is 10.0 Å². The molecule has 0 saturated heterocycles. The summed E-state index contributed by atoms with van der Waals surface area (Å²) >= 11 is 0. The second-order valence-electron chi connectivity index (χ2n) is 8.95. The number of nitrogens with one attached hydrogen (secondary N) is 1. The highest BCUT2D eigenvalue weighted by atomic mass is 32.2. The molecule has 0 unspecified atom stereocenters. The molecule has 0 spiro atoms. The summed E-state index contributed by atoms with van der Waals surface area (Å²) in [5, 5.41) is 10.8. The highest BCUT2D eigenvalue weighted by molar-refractivity contribution is 7.89. The highest BCUT2D eigenvalue weighted by Gasteiger charge is 2.28. The van der Waals surface area contributed by atoms with Crippen molar-refractivity contribution in [3.05, 3.63) is 48.0 Å². The third-order valence-electron chi connectivity index (χ3n) is 6.20. The Bertz CT molecular complexity index is 1270. The van der Waals surface area contributed by atoms with E-state index in [-0.39, 0.29) is 10.8 Å². The molecule has 1 aromatic heterocycles. The van der Waals surface area contributed by atoms with Gasteiger partial charge >= 0.3 is 5.97 Å². The largest absolute Gasteiger partial charge is 0.480 e. The number of benzene rings is 2. The van der Waals surface area contributed by atoms with Crippen molar-refractivity contribution in [1.82, 2.24) is 4.72 Å². The SMILES string of the molecule is CC(C)[C@@H](NS(=O)(=O)c1ccc2oc3cc(/C=C/C4CCCCC4)ccc3c2c1)C(=O)O.